The van der Waals surface area contributed by atoms with Crippen LogP contribution < -0.4 is 10.6 Å². The summed E-state index contributed by atoms with van der Waals surface area (Å²) in [6.45, 7) is 2.42. The highest BCUT2D eigenvalue weighted by atomic mass is 16.5. The maximum atomic E-state index is 12.0. The van der Waals surface area contributed by atoms with Gasteiger partial charge in [-0.3, -0.25) is 0 Å². The standard InChI is InChI=1S/C18H20N2O3/c1-3-14-6-4-5-7-16(14)20-18(22)19-12-13-8-10-15(11-9-13)17(21)23-2/h4-11H,3,12H2,1-2H3,(H2,19,20,22). The zero-order valence-corrected chi connectivity index (χ0v) is 13.3. The van der Waals surface area contributed by atoms with Crippen molar-refractivity contribution in [3.63, 3.8) is 0 Å². The Morgan fingerprint density at radius 1 is 1.04 bits per heavy atom. The van der Waals surface area contributed by atoms with Crippen LogP contribution in [0.2, 0.25) is 0 Å². The number of carbonyl (C=O) groups excluding carboxylic acids is 2. The third-order valence-electron chi connectivity index (χ3n) is 3.47. The normalized spacial score (nSPS) is 10.0. The minimum Gasteiger partial charge on any atom is -0.465 e. The Labute approximate surface area is 135 Å². The monoisotopic (exact) mass is 312 g/mol. The van der Waals surface area contributed by atoms with Crippen LogP contribution in [0.1, 0.15) is 28.4 Å². The molecule has 0 saturated carbocycles. The first-order valence-corrected chi connectivity index (χ1v) is 7.44. The molecule has 0 unspecified atom stereocenters. The second-order valence-electron chi connectivity index (χ2n) is 5.01. The van der Waals surface area contributed by atoms with E-state index >= 15 is 0 Å². The molecule has 2 amide bonds. The van der Waals surface area contributed by atoms with Crippen LogP contribution in [0.5, 0.6) is 0 Å². The summed E-state index contributed by atoms with van der Waals surface area (Å²) < 4.78 is 4.64. The lowest BCUT2D eigenvalue weighted by atomic mass is 10.1. The summed E-state index contributed by atoms with van der Waals surface area (Å²) in [5, 5.41) is 5.64. The fraction of sp³-hybridized carbons (Fsp3) is 0.222. The topological polar surface area (TPSA) is 67.4 Å². The van der Waals surface area contributed by atoms with Crippen molar-refractivity contribution in [2.24, 2.45) is 0 Å². The number of anilines is 1. The molecule has 2 aromatic carbocycles. The van der Waals surface area contributed by atoms with Crippen molar-refractivity contribution in [2.45, 2.75) is 19.9 Å². The van der Waals surface area contributed by atoms with Crippen LogP contribution in [-0.2, 0) is 17.7 Å². The molecule has 5 nitrogen and oxygen atoms in total. The SMILES string of the molecule is CCc1ccccc1NC(=O)NCc1ccc(C(=O)OC)cc1. The van der Waals surface area contributed by atoms with E-state index in [1.54, 1.807) is 24.3 Å². The van der Waals surface area contributed by atoms with Gasteiger partial charge in [-0.05, 0) is 35.7 Å². The van der Waals surface area contributed by atoms with Crippen LogP contribution in [0.4, 0.5) is 10.5 Å². The molecule has 2 aromatic rings. The lowest BCUT2D eigenvalue weighted by Crippen LogP contribution is -2.28. The molecular weight excluding hydrogens is 292 g/mol. The largest absolute Gasteiger partial charge is 0.465 e. The minimum absolute atomic E-state index is 0.261. The summed E-state index contributed by atoms with van der Waals surface area (Å²) in [6.07, 6.45) is 0.853. The summed E-state index contributed by atoms with van der Waals surface area (Å²) >= 11 is 0. The molecule has 0 saturated heterocycles. The Morgan fingerprint density at radius 3 is 2.39 bits per heavy atom. The number of carbonyl (C=O) groups is 2. The van der Waals surface area contributed by atoms with Gasteiger partial charge < -0.3 is 15.4 Å². The summed E-state index contributed by atoms with van der Waals surface area (Å²) in [7, 11) is 1.34. The Kier molecular flexibility index (Phi) is 5.74. The van der Waals surface area contributed by atoms with Crippen LogP contribution in [0, 0.1) is 0 Å². The molecule has 0 radical (unpaired) electrons. The van der Waals surface area contributed by atoms with Crippen LogP contribution in [-0.4, -0.2) is 19.1 Å². The van der Waals surface area contributed by atoms with Gasteiger partial charge in [0.05, 0.1) is 12.7 Å². The average Bonchev–Trinajstić information content (AvgIpc) is 2.60. The third kappa shape index (κ3) is 4.57. The van der Waals surface area contributed by atoms with Gasteiger partial charge >= 0.3 is 12.0 Å². The molecule has 0 bridgehead atoms. The first kappa shape index (κ1) is 16.5. The number of urea groups is 1. The van der Waals surface area contributed by atoms with Crippen molar-refractivity contribution >= 4 is 17.7 Å². The van der Waals surface area contributed by atoms with E-state index in [-0.39, 0.29) is 12.0 Å². The van der Waals surface area contributed by atoms with Gasteiger partial charge in [-0.2, -0.15) is 0 Å². The first-order chi connectivity index (χ1) is 11.1. The molecule has 0 aliphatic carbocycles. The number of hydrogen-bond donors (Lipinski definition) is 2. The molecule has 0 aliphatic rings. The van der Waals surface area contributed by atoms with E-state index < -0.39 is 0 Å². The predicted molar refractivity (Wildman–Crippen MR) is 89.5 cm³/mol. The van der Waals surface area contributed by atoms with Crippen LogP contribution in [0.15, 0.2) is 48.5 Å². The number of amides is 2. The first-order valence-electron chi connectivity index (χ1n) is 7.44. The average molecular weight is 312 g/mol. The number of rotatable bonds is 5. The van der Waals surface area contributed by atoms with Crippen LogP contribution in [0.3, 0.4) is 0 Å². The van der Waals surface area contributed by atoms with Crippen molar-refractivity contribution in [3.05, 3.63) is 65.2 Å². The Balaban J connectivity index is 1.90. The van der Waals surface area contributed by atoms with Gasteiger partial charge in [0.1, 0.15) is 0 Å². The number of benzene rings is 2. The molecule has 120 valence electrons. The van der Waals surface area contributed by atoms with Crippen molar-refractivity contribution < 1.29 is 14.3 Å². The van der Waals surface area contributed by atoms with Gasteiger partial charge in [0.25, 0.3) is 0 Å². The highest BCUT2D eigenvalue weighted by Crippen LogP contribution is 2.15. The van der Waals surface area contributed by atoms with Crippen molar-refractivity contribution in [1.29, 1.82) is 0 Å². The van der Waals surface area contributed by atoms with Crippen molar-refractivity contribution in [1.82, 2.24) is 5.32 Å². The zero-order valence-electron chi connectivity index (χ0n) is 13.3. The number of aryl methyl sites for hydroxylation is 1. The molecule has 5 heteroatoms. The van der Waals surface area contributed by atoms with Crippen LogP contribution in [0.25, 0.3) is 0 Å². The smallest absolute Gasteiger partial charge is 0.337 e. The zero-order chi connectivity index (χ0) is 16.7. The molecule has 0 heterocycles. The Bertz CT molecular complexity index is 681. The second-order valence-corrected chi connectivity index (χ2v) is 5.01. The third-order valence-corrected chi connectivity index (χ3v) is 3.47. The van der Waals surface area contributed by atoms with Crippen molar-refractivity contribution in [2.75, 3.05) is 12.4 Å². The quantitative estimate of drug-likeness (QED) is 0.832. The van der Waals surface area contributed by atoms with E-state index in [1.807, 2.05) is 31.2 Å². The van der Waals surface area contributed by atoms with Gasteiger partial charge in [0.15, 0.2) is 0 Å². The molecule has 0 fully saturated rings. The summed E-state index contributed by atoms with van der Waals surface area (Å²) in [5.41, 5.74) is 3.28. The Hall–Kier alpha value is -2.82. The van der Waals surface area contributed by atoms with Crippen molar-refractivity contribution in [3.8, 4) is 0 Å². The molecule has 0 aliphatic heterocycles. The minimum atomic E-state index is -0.376. The molecule has 0 aromatic heterocycles. The summed E-state index contributed by atoms with van der Waals surface area (Å²) in [6, 6.07) is 14.4. The maximum absolute atomic E-state index is 12.0. The van der Waals surface area contributed by atoms with E-state index in [4.69, 9.17) is 0 Å². The summed E-state index contributed by atoms with van der Waals surface area (Å²) in [4.78, 5) is 23.3. The number of methoxy groups -OCH3 is 1. The number of esters is 1. The summed E-state index contributed by atoms with van der Waals surface area (Å²) in [5.74, 6) is -0.376. The van der Waals surface area contributed by atoms with Gasteiger partial charge in [-0.1, -0.05) is 37.3 Å². The van der Waals surface area contributed by atoms with E-state index in [9.17, 15) is 9.59 Å². The number of para-hydroxylation sites is 1. The van der Waals surface area contributed by atoms with Gasteiger partial charge in [0.2, 0.25) is 0 Å². The van der Waals surface area contributed by atoms with Gasteiger partial charge in [0, 0.05) is 12.2 Å². The van der Waals surface area contributed by atoms with E-state index in [0.29, 0.717) is 12.1 Å². The van der Waals surface area contributed by atoms with E-state index in [0.717, 1.165) is 23.2 Å². The molecule has 0 atom stereocenters. The predicted octanol–water partition coefficient (Wildman–Crippen LogP) is 3.36. The maximum Gasteiger partial charge on any atom is 0.337 e. The molecular formula is C18H20N2O3. The fourth-order valence-corrected chi connectivity index (χ4v) is 2.18. The number of hydrogen-bond acceptors (Lipinski definition) is 3. The van der Waals surface area contributed by atoms with Gasteiger partial charge in [-0.15, -0.1) is 0 Å². The number of ether oxygens (including phenoxy) is 1. The molecule has 23 heavy (non-hydrogen) atoms. The van der Waals surface area contributed by atoms with Crippen LogP contribution >= 0.6 is 0 Å². The highest BCUT2D eigenvalue weighted by Gasteiger charge is 2.07. The van der Waals surface area contributed by atoms with E-state index in [1.165, 1.54) is 7.11 Å². The van der Waals surface area contributed by atoms with Gasteiger partial charge in [-0.25, -0.2) is 9.59 Å². The fourth-order valence-electron chi connectivity index (χ4n) is 2.18. The lowest BCUT2D eigenvalue weighted by molar-refractivity contribution is 0.0600. The highest BCUT2D eigenvalue weighted by molar-refractivity contribution is 5.90. The number of nitrogens with one attached hydrogen (secondary N) is 2. The molecule has 2 N–H and O–H groups in total. The second kappa shape index (κ2) is 7.98. The Morgan fingerprint density at radius 2 is 1.74 bits per heavy atom. The molecule has 2 rings (SSSR count). The van der Waals surface area contributed by atoms with E-state index in [2.05, 4.69) is 15.4 Å². The molecule has 0 spiro atoms. The lowest BCUT2D eigenvalue weighted by Gasteiger charge is -2.11.